The average Bonchev–Trinajstić information content (AvgIpc) is 3.22. The summed E-state index contributed by atoms with van der Waals surface area (Å²) in [5.74, 6) is 0.957. The molecule has 30 heavy (non-hydrogen) atoms. The van der Waals surface area contributed by atoms with Crippen LogP contribution in [0.25, 0.3) is 0 Å². The Bertz CT molecular complexity index is 922. The number of ether oxygens (including phenoxy) is 1. The van der Waals surface area contributed by atoms with Crippen LogP contribution in [0.2, 0.25) is 0 Å². The summed E-state index contributed by atoms with van der Waals surface area (Å²) in [5, 5.41) is 0. The maximum atomic E-state index is 5.47. The number of nitrogens with zero attached hydrogens (tertiary/aromatic N) is 1. The Labute approximate surface area is 181 Å². The van der Waals surface area contributed by atoms with E-state index in [-0.39, 0.29) is 0 Å². The summed E-state index contributed by atoms with van der Waals surface area (Å²) in [4.78, 5) is 1.69. The van der Waals surface area contributed by atoms with Gasteiger partial charge in [-0.25, -0.2) is 0 Å². The molecule has 2 aromatic carbocycles. The van der Waals surface area contributed by atoms with Gasteiger partial charge in [0.15, 0.2) is 0 Å². The van der Waals surface area contributed by atoms with Crippen LogP contribution >= 0.6 is 0 Å². The van der Waals surface area contributed by atoms with Crippen LogP contribution < -0.4 is 9.64 Å². The number of rotatable bonds is 8. The van der Waals surface area contributed by atoms with Crippen molar-refractivity contribution in [2.24, 2.45) is 0 Å². The molecule has 4 rings (SSSR count). The van der Waals surface area contributed by atoms with Gasteiger partial charge in [0, 0.05) is 18.3 Å². The van der Waals surface area contributed by atoms with E-state index >= 15 is 0 Å². The van der Waals surface area contributed by atoms with Crippen molar-refractivity contribution in [1.82, 2.24) is 4.57 Å². The molecule has 1 unspecified atom stereocenters. The van der Waals surface area contributed by atoms with Crippen molar-refractivity contribution in [2.75, 3.05) is 7.11 Å². The quantitative estimate of drug-likeness (QED) is 0.574. The third-order valence-corrected chi connectivity index (χ3v) is 6.55. The number of hydrogen-bond acceptors (Lipinski definition) is 1. The number of aromatic nitrogens is 1. The predicted molar refractivity (Wildman–Crippen MR) is 123 cm³/mol. The molecular formula is C27H35N2O+. The van der Waals surface area contributed by atoms with Gasteiger partial charge in [-0.15, -0.1) is 0 Å². The molecule has 1 aliphatic rings. The number of quaternary nitrogens is 1. The fourth-order valence-corrected chi connectivity index (χ4v) is 4.79. The fourth-order valence-electron chi connectivity index (χ4n) is 4.79. The standard InChI is InChI=1S/C27H34N2O/c1-22-13-15-23(16-14-22)19-28-17-7-11-26(28)21-29(25-9-4-3-5-10-25)20-24-8-6-12-27(18-24)30-2/h6-8,11-18,25H,3-5,9-10,19-21H2,1-2H3/p+1. The molecule has 0 saturated heterocycles. The molecular weight excluding hydrogens is 368 g/mol. The van der Waals surface area contributed by atoms with Crippen molar-refractivity contribution in [2.45, 2.75) is 64.7 Å². The lowest BCUT2D eigenvalue weighted by Gasteiger charge is -2.32. The molecule has 0 radical (unpaired) electrons. The molecule has 1 N–H and O–H groups in total. The van der Waals surface area contributed by atoms with Crippen LogP contribution in [0.1, 0.15) is 54.5 Å². The van der Waals surface area contributed by atoms with Crippen LogP contribution in [-0.4, -0.2) is 17.7 Å². The van der Waals surface area contributed by atoms with E-state index in [0.717, 1.165) is 31.4 Å². The first-order valence-corrected chi connectivity index (χ1v) is 11.4. The van der Waals surface area contributed by atoms with Gasteiger partial charge in [0.05, 0.1) is 18.8 Å². The van der Waals surface area contributed by atoms with E-state index < -0.39 is 0 Å². The Morgan fingerprint density at radius 2 is 1.70 bits per heavy atom. The summed E-state index contributed by atoms with van der Waals surface area (Å²) in [7, 11) is 1.75. The van der Waals surface area contributed by atoms with Gasteiger partial charge in [0.1, 0.15) is 18.8 Å². The predicted octanol–water partition coefficient (Wildman–Crippen LogP) is 4.77. The highest BCUT2D eigenvalue weighted by Crippen LogP contribution is 2.18. The molecule has 1 atom stereocenters. The van der Waals surface area contributed by atoms with E-state index in [0.29, 0.717) is 0 Å². The molecule has 0 spiro atoms. The normalized spacial score (nSPS) is 15.8. The van der Waals surface area contributed by atoms with Crippen molar-refractivity contribution >= 4 is 0 Å². The van der Waals surface area contributed by atoms with E-state index in [2.05, 4.69) is 72.3 Å². The van der Waals surface area contributed by atoms with Gasteiger partial charge >= 0.3 is 0 Å². The minimum Gasteiger partial charge on any atom is -0.497 e. The zero-order valence-electron chi connectivity index (χ0n) is 18.4. The molecule has 0 aliphatic heterocycles. The fraction of sp³-hybridized carbons (Fsp3) is 0.407. The van der Waals surface area contributed by atoms with E-state index in [9.17, 15) is 0 Å². The summed E-state index contributed by atoms with van der Waals surface area (Å²) in [6.45, 7) is 5.22. The van der Waals surface area contributed by atoms with Crippen molar-refractivity contribution in [1.29, 1.82) is 0 Å². The molecule has 1 aliphatic carbocycles. The molecule has 0 amide bonds. The molecule has 1 aromatic heterocycles. The van der Waals surface area contributed by atoms with Crippen molar-refractivity contribution in [3.8, 4) is 5.75 Å². The smallest absolute Gasteiger partial charge is 0.119 e. The van der Waals surface area contributed by atoms with Gasteiger partial charge in [0.2, 0.25) is 0 Å². The van der Waals surface area contributed by atoms with Crippen LogP contribution in [0.4, 0.5) is 0 Å². The number of methoxy groups -OCH3 is 1. The second-order valence-corrected chi connectivity index (χ2v) is 8.81. The molecule has 1 fully saturated rings. The van der Waals surface area contributed by atoms with Crippen LogP contribution in [0.15, 0.2) is 66.9 Å². The van der Waals surface area contributed by atoms with Crippen LogP contribution in [0, 0.1) is 6.92 Å². The van der Waals surface area contributed by atoms with E-state index in [1.165, 1.54) is 54.5 Å². The Hall–Kier alpha value is -2.52. The number of benzene rings is 2. The molecule has 1 heterocycles. The lowest BCUT2D eigenvalue weighted by atomic mass is 9.93. The maximum absolute atomic E-state index is 5.47. The number of hydrogen-bond donors (Lipinski definition) is 1. The average molecular weight is 404 g/mol. The summed E-state index contributed by atoms with van der Waals surface area (Å²) in [6, 6.07) is 22.8. The summed E-state index contributed by atoms with van der Waals surface area (Å²) in [5.41, 5.74) is 5.48. The van der Waals surface area contributed by atoms with Gasteiger partial charge in [-0.1, -0.05) is 48.4 Å². The molecule has 1 saturated carbocycles. The second kappa shape index (κ2) is 9.99. The topological polar surface area (TPSA) is 18.6 Å². The van der Waals surface area contributed by atoms with Gasteiger partial charge in [-0.3, -0.25) is 0 Å². The molecule has 3 heteroatoms. The lowest BCUT2D eigenvalue weighted by molar-refractivity contribution is -0.953. The van der Waals surface area contributed by atoms with Crippen molar-refractivity contribution in [3.05, 3.63) is 89.2 Å². The van der Waals surface area contributed by atoms with E-state index in [1.54, 1.807) is 12.0 Å². The van der Waals surface area contributed by atoms with Gasteiger partial charge in [-0.2, -0.15) is 0 Å². The van der Waals surface area contributed by atoms with E-state index in [1.807, 2.05) is 6.07 Å². The van der Waals surface area contributed by atoms with Gasteiger partial charge in [0.25, 0.3) is 0 Å². The number of nitrogens with one attached hydrogen (secondary N) is 1. The highest BCUT2D eigenvalue weighted by atomic mass is 16.5. The van der Waals surface area contributed by atoms with Crippen LogP contribution in [0.5, 0.6) is 5.75 Å². The van der Waals surface area contributed by atoms with Crippen LogP contribution in [-0.2, 0) is 19.6 Å². The van der Waals surface area contributed by atoms with Gasteiger partial charge in [-0.05, 0) is 62.4 Å². The highest BCUT2D eigenvalue weighted by molar-refractivity contribution is 5.28. The Morgan fingerprint density at radius 3 is 2.47 bits per heavy atom. The first-order valence-electron chi connectivity index (χ1n) is 11.4. The molecule has 3 nitrogen and oxygen atoms in total. The highest BCUT2D eigenvalue weighted by Gasteiger charge is 2.26. The third kappa shape index (κ3) is 5.34. The molecule has 0 bridgehead atoms. The Morgan fingerprint density at radius 1 is 0.900 bits per heavy atom. The molecule has 3 aromatic rings. The SMILES string of the molecule is COc1cccc(C[NH+](Cc2cccn2Cc2ccc(C)cc2)C2CCCCC2)c1. The third-order valence-electron chi connectivity index (χ3n) is 6.55. The first kappa shape index (κ1) is 20.7. The Balaban J connectivity index is 1.53. The van der Waals surface area contributed by atoms with E-state index in [4.69, 9.17) is 4.74 Å². The van der Waals surface area contributed by atoms with Crippen molar-refractivity contribution < 1.29 is 9.64 Å². The van der Waals surface area contributed by atoms with Gasteiger partial charge < -0.3 is 14.2 Å². The zero-order valence-corrected chi connectivity index (χ0v) is 18.4. The molecule has 158 valence electrons. The zero-order chi connectivity index (χ0) is 20.8. The van der Waals surface area contributed by atoms with Crippen molar-refractivity contribution in [3.63, 3.8) is 0 Å². The number of aryl methyl sites for hydroxylation is 1. The Kier molecular flexibility index (Phi) is 6.91. The maximum Gasteiger partial charge on any atom is 0.119 e. The monoisotopic (exact) mass is 403 g/mol. The largest absolute Gasteiger partial charge is 0.497 e. The second-order valence-electron chi connectivity index (χ2n) is 8.81. The van der Waals surface area contributed by atoms with Crippen LogP contribution in [0.3, 0.4) is 0 Å². The summed E-state index contributed by atoms with van der Waals surface area (Å²) < 4.78 is 7.90. The summed E-state index contributed by atoms with van der Waals surface area (Å²) >= 11 is 0. The first-order chi connectivity index (χ1) is 14.7. The summed E-state index contributed by atoms with van der Waals surface area (Å²) in [6.07, 6.45) is 9.06. The lowest BCUT2D eigenvalue weighted by Crippen LogP contribution is -3.13. The minimum absolute atomic E-state index is 0.743. The minimum atomic E-state index is 0.743.